The number of hydrogen-bond donors (Lipinski definition) is 3. The number of carbonyl (C=O) groups is 1. The Labute approximate surface area is 148 Å². The van der Waals surface area contributed by atoms with E-state index in [9.17, 15) is 15.0 Å². The first-order valence-corrected chi connectivity index (χ1v) is 9.00. The quantitative estimate of drug-likeness (QED) is 0.692. The van der Waals surface area contributed by atoms with Crippen molar-refractivity contribution in [2.75, 3.05) is 13.7 Å². The summed E-state index contributed by atoms with van der Waals surface area (Å²) in [5.41, 5.74) is -0.338. The molecule has 1 aliphatic heterocycles. The summed E-state index contributed by atoms with van der Waals surface area (Å²) in [6.07, 6.45) is 2.76. The zero-order valence-corrected chi connectivity index (χ0v) is 14.6. The number of aliphatic hydroxyl groups excluding tert-OH is 1. The summed E-state index contributed by atoms with van der Waals surface area (Å²) in [4.78, 5) is 12.5. The van der Waals surface area contributed by atoms with Crippen molar-refractivity contribution in [3.63, 3.8) is 0 Å². The maximum Gasteiger partial charge on any atom is 0.338 e. The van der Waals surface area contributed by atoms with Gasteiger partial charge >= 0.3 is 5.97 Å². The molecular formula is C19H27NO5. The minimum Gasteiger partial charge on any atom is -0.497 e. The van der Waals surface area contributed by atoms with Gasteiger partial charge in [0.1, 0.15) is 18.0 Å². The van der Waals surface area contributed by atoms with Crippen molar-refractivity contribution in [2.24, 2.45) is 0 Å². The molecule has 3 rings (SSSR count). The molecule has 0 bridgehead atoms. The molecule has 0 radical (unpaired) electrons. The van der Waals surface area contributed by atoms with Crippen LogP contribution in [0.15, 0.2) is 24.3 Å². The molecule has 1 aromatic carbocycles. The predicted molar refractivity (Wildman–Crippen MR) is 92.4 cm³/mol. The monoisotopic (exact) mass is 349 g/mol. The first-order chi connectivity index (χ1) is 12.0. The fraction of sp³-hybridized carbons (Fsp3) is 0.632. The molecular weight excluding hydrogens is 322 g/mol. The van der Waals surface area contributed by atoms with Crippen molar-refractivity contribution in [1.29, 1.82) is 0 Å². The normalized spacial score (nSPS) is 28.5. The molecule has 2 fully saturated rings. The van der Waals surface area contributed by atoms with Gasteiger partial charge in [-0.05, 0) is 49.8 Å². The van der Waals surface area contributed by atoms with E-state index in [4.69, 9.17) is 9.47 Å². The van der Waals surface area contributed by atoms with E-state index in [0.717, 1.165) is 30.6 Å². The van der Waals surface area contributed by atoms with Gasteiger partial charge in [0, 0.05) is 6.54 Å². The minimum atomic E-state index is -1.40. The number of nitrogens with one attached hydrogen (secondary N) is 1. The van der Waals surface area contributed by atoms with Crippen LogP contribution < -0.4 is 10.1 Å². The van der Waals surface area contributed by atoms with Crippen LogP contribution in [0, 0.1) is 0 Å². The highest BCUT2D eigenvalue weighted by molar-refractivity contribution is 5.79. The summed E-state index contributed by atoms with van der Waals surface area (Å²) < 4.78 is 10.7. The molecule has 6 nitrogen and oxygen atoms in total. The molecule has 138 valence electrons. The van der Waals surface area contributed by atoms with Crippen LogP contribution in [0.2, 0.25) is 0 Å². The Kier molecular flexibility index (Phi) is 5.61. The van der Waals surface area contributed by atoms with E-state index in [1.165, 1.54) is 0 Å². The Balaban J connectivity index is 1.64. The molecule has 6 heteroatoms. The van der Waals surface area contributed by atoms with Crippen molar-refractivity contribution in [3.8, 4) is 5.75 Å². The van der Waals surface area contributed by atoms with E-state index < -0.39 is 23.8 Å². The number of benzene rings is 1. The summed E-state index contributed by atoms with van der Waals surface area (Å²) >= 11 is 0. The second-order valence-corrected chi connectivity index (χ2v) is 7.10. The van der Waals surface area contributed by atoms with Crippen LogP contribution in [0.25, 0.3) is 0 Å². The van der Waals surface area contributed by atoms with Gasteiger partial charge in [0.05, 0.1) is 13.2 Å². The predicted octanol–water partition coefficient (Wildman–Crippen LogP) is 1.18. The lowest BCUT2D eigenvalue weighted by Crippen LogP contribution is -2.47. The molecule has 0 aromatic heterocycles. The number of methoxy groups -OCH3 is 1. The van der Waals surface area contributed by atoms with E-state index in [2.05, 4.69) is 5.32 Å². The number of esters is 1. The number of β-amino-alcohol motifs (C(OH)–C–C–N with tert-alkyl or cyclic N) is 1. The van der Waals surface area contributed by atoms with Crippen LogP contribution in [0.1, 0.15) is 37.7 Å². The van der Waals surface area contributed by atoms with Gasteiger partial charge in [-0.15, -0.1) is 0 Å². The fourth-order valence-electron chi connectivity index (χ4n) is 3.71. The summed E-state index contributed by atoms with van der Waals surface area (Å²) in [5.74, 6) is 0.186. The first-order valence-electron chi connectivity index (χ1n) is 9.00. The lowest BCUT2D eigenvalue weighted by molar-refractivity contribution is -0.179. The number of rotatable bonds is 5. The summed E-state index contributed by atoms with van der Waals surface area (Å²) in [7, 11) is 1.62. The van der Waals surface area contributed by atoms with E-state index >= 15 is 0 Å². The van der Waals surface area contributed by atoms with Gasteiger partial charge in [0.25, 0.3) is 0 Å². The van der Waals surface area contributed by atoms with E-state index in [-0.39, 0.29) is 6.04 Å². The topological polar surface area (TPSA) is 88.0 Å². The SMILES string of the molecule is COc1ccc(C[C@H]2NC[C@H](O)[C@H]2OC(=O)C2(O)CCCCC2)cc1. The maximum absolute atomic E-state index is 12.5. The molecule has 3 N–H and O–H groups in total. The highest BCUT2D eigenvalue weighted by Crippen LogP contribution is 2.30. The van der Waals surface area contributed by atoms with Crippen molar-refractivity contribution < 1.29 is 24.5 Å². The van der Waals surface area contributed by atoms with Crippen LogP contribution in [0.3, 0.4) is 0 Å². The lowest BCUT2D eigenvalue weighted by atomic mass is 9.85. The molecule has 1 saturated heterocycles. The molecule has 3 atom stereocenters. The smallest absolute Gasteiger partial charge is 0.338 e. The van der Waals surface area contributed by atoms with Crippen LogP contribution in [-0.4, -0.2) is 53.7 Å². The third-order valence-corrected chi connectivity index (χ3v) is 5.28. The second kappa shape index (κ2) is 7.72. The number of carbonyl (C=O) groups excluding carboxylic acids is 1. The summed E-state index contributed by atoms with van der Waals surface area (Å²) in [5, 5.41) is 24.0. The van der Waals surface area contributed by atoms with E-state index in [1.807, 2.05) is 24.3 Å². The highest BCUT2D eigenvalue weighted by atomic mass is 16.6. The summed E-state index contributed by atoms with van der Waals surface area (Å²) in [6.45, 7) is 0.372. The van der Waals surface area contributed by atoms with Crippen molar-refractivity contribution in [1.82, 2.24) is 5.32 Å². The molecule has 1 heterocycles. The molecule has 1 saturated carbocycles. The largest absolute Gasteiger partial charge is 0.497 e. The average molecular weight is 349 g/mol. The van der Waals surface area contributed by atoms with Gasteiger partial charge < -0.3 is 25.0 Å². The van der Waals surface area contributed by atoms with Gasteiger partial charge in [0.2, 0.25) is 0 Å². The summed E-state index contributed by atoms with van der Waals surface area (Å²) in [6, 6.07) is 7.50. The molecule has 25 heavy (non-hydrogen) atoms. The van der Waals surface area contributed by atoms with Crippen LogP contribution in [0.5, 0.6) is 5.75 Å². The number of ether oxygens (including phenoxy) is 2. The van der Waals surface area contributed by atoms with Crippen molar-refractivity contribution >= 4 is 5.97 Å². The standard InChI is InChI=1S/C19H27NO5/c1-24-14-7-5-13(6-8-14)11-15-17(16(21)12-20-15)25-18(22)19(23)9-3-2-4-10-19/h5-8,15-17,20-21,23H,2-4,9-12H2,1H3/t15-,16+,17+/m1/s1. The number of aliphatic hydroxyl groups is 2. The van der Waals surface area contributed by atoms with E-state index in [1.54, 1.807) is 7.11 Å². The lowest BCUT2D eigenvalue weighted by Gasteiger charge is -2.32. The highest BCUT2D eigenvalue weighted by Gasteiger charge is 2.44. The second-order valence-electron chi connectivity index (χ2n) is 7.10. The zero-order chi connectivity index (χ0) is 17.9. The van der Waals surface area contributed by atoms with Gasteiger partial charge in [-0.3, -0.25) is 0 Å². The number of hydrogen-bond acceptors (Lipinski definition) is 6. The Morgan fingerprint density at radius 1 is 1.24 bits per heavy atom. The average Bonchev–Trinajstić information content (AvgIpc) is 2.96. The third kappa shape index (κ3) is 4.14. The Hall–Kier alpha value is -1.63. The van der Waals surface area contributed by atoms with Crippen LogP contribution >= 0.6 is 0 Å². The van der Waals surface area contributed by atoms with Crippen molar-refractivity contribution in [2.45, 2.75) is 62.4 Å². The van der Waals surface area contributed by atoms with Crippen LogP contribution in [-0.2, 0) is 16.0 Å². The molecule has 2 aliphatic rings. The molecule has 0 amide bonds. The minimum absolute atomic E-state index is 0.181. The van der Waals surface area contributed by atoms with Gasteiger partial charge in [-0.2, -0.15) is 0 Å². The Morgan fingerprint density at radius 2 is 1.92 bits per heavy atom. The zero-order valence-electron chi connectivity index (χ0n) is 14.6. The van der Waals surface area contributed by atoms with Crippen LogP contribution in [0.4, 0.5) is 0 Å². The van der Waals surface area contributed by atoms with Gasteiger partial charge in [-0.25, -0.2) is 4.79 Å². The Morgan fingerprint density at radius 3 is 2.56 bits per heavy atom. The van der Waals surface area contributed by atoms with Crippen molar-refractivity contribution in [3.05, 3.63) is 29.8 Å². The van der Waals surface area contributed by atoms with Gasteiger partial charge in [0.15, 0.2) is 5.60 Å². The maximum atomic E-state index is 12.5. The first kappa shape index (κ1) is 18.2. The molecule has 0 unspecified atom stereocenters. The third-order valence-electron chi connectivity index (χ3n) is 5.28. The molecule has 1 aromatic rings. The van der Waals surface area contributed by atoms with Gasteiger partial charge in [-0.1, -0.05) is 18.6 Å². The van der Waals surface area contributed by atoms with E-state index in [0.29, 0.717) is 25.8 Å². The molecule has 0 spiro atoms. The Bertz CT molecular complexity index is 582. The molecule has 1 aliphatic carbocycles. The fourth-order valence-corrected chi connectivity index (χ4v) is 3.71.